The fraction of sp³-hybridized carbons (Fsp3) is 0.318. The molecule has 0 aliphatic carbocycles. The minimum Gasteiger partial charge on any atom is -0.508 e. The highest BCUT2D eigenvalue weighted by Gasteiger charge is 2.36. The molecule has 3 rings (SSSR count). The molecule has 2 aliphatic heterocycles. The number of hydroxylamine groups is 4. The van der Waals surface area contributed by atoms with Crippen LogP contribution in [-0.2, 0) is 38.4 Å². The second kappa shape index (κ2) is 11.1. The maximum Gasteiger partial charge on any atom is 0.352 e. The number of hydrogen-bond donors (Lipinski definition) is 2. The lowest BCUT2D eigenvalue weighted by atomic mass is 10.1. The van der Waals surface area contributed by atoms with Crippen molar-refractivity contribution in [3.8, 4) is 11.8 Å². The van der Waals surface area contributed by atoms with E-state index < -0.39 is 60.5 Å². The van der Waals surface area contributed by atoms with Gasteiger partial charge in [0.2, 0.25) is 0 Å². The molecule has 0 saturated carbocycles. The molecule has 2 aliphatic rings. The van der Waals surface area contributed by atoms with Crippen molar-refractivity contribution >= 4 is 41.6 Å². The third-order valence-electron chi connectivity index (χ3n) is 5.01. The van der Waals surface area contributed by atoms with Crippen molar-refractivity contribution < 1.29 is 48.7 Å². The Bertz CT molecular complexity index is 1150. The van der Waals surface area contributed by atoms with Gasteiger partial charge in [0.05, 0.1) is 0 Å². The average Bonchev–Trinajstić information content (AvgIpc) is 3.33. The minimum atomic E-state index is -1.38. The van der Waals surface area contributed by atoms with Crippen LogP contribution in [0.15, 0.2) is 29.8 Å². The van der Waals surface area contributed by atoms with Gasteiger partial charge in [0.1, 0.15) is 30.5 Å². The number of aliphatic hydroxyl groups is 1. The smallest absolute Gasteiger partial charge is 0.352 e. The van der Waals surface area contributed by atoms with E-state index in [4.69, 9.17) is 9.68 Å². The van der Waals surface area contributed by atoms with Gasteiger partial charge in [-0.25, -0.2) is 9.59 Å². The third kappa shape index (κ3) is 6.21. The van der Waals surface area contributed by atoms with E-state index in [1.807, 2.05) is 0 Å². The number of rotatable bonds is 8. The van der Waals surface area contributed by atoms with E-state index in [1.54, 1.807) is 6.07 Å². The predicted molar refractivity (Wildman–Crippen MR) is 114 cm³/mol. The number of aliphatic hydroxyl groups excluding tert-OH is 1. The molecule has 188 valence electrons. The van der Waals surface area contributed by atoms with Gasteiger partial charge >= 0.3 is 11.9 Å². The third-order valence-corrected chi connectivity index (χ3v) is 5.01. The van der Waals surface area contributed by atoms with Crippen LogP contribution in [0.2, 0.25) is 0 Å². The number of aromatic hydroxyl groups is 1. The molecule has 1 unspecified atom stereocenters. The maximum atomic E-state index is 13.0. The molecule has 1 aromatic carbocycles. The van der Waals surface area contributed by atoms with Gasteiger partial charge in [-0.2, -0.15) is 5.26 Å². The van der Waals surface area contributed by atoms with E-state index >= 15 is 0 Å². The zero-order chi connectivity index (χ0) is 26.4. The van der Waals surface area contributed by atoms with Crippen LogP contribution >= 0.6 is 0 Å². The molecule has 2 heterocycles. The van der Waals surface area contributed by atoms with Crippen molar-refractivity contribution in [2.45, 2.75) is 31.9 Å². The molecule has 0 bridgehead atoms. The largest absolute Gasteiger partial charge is 0.508 e. The van der Waals surface area contributed by atoms with Crippen LogP contribution in [0.1, 0.15) is 31.2 Å². The summed E-state index contributed by atoms with van der Waals surface area (Å²) >= 11 is 0. The number of hydrogen-bond acceptors (Lipinski definition) is 11. The lowest BCUT2D eigenvalue weighted by Crippen LogP contribution is -2.45. The van der Waals surface area contributed by atoms with Gasteiger partial charge in [0.15, 0.2) is 6.23 Å². The summed E-state index contributed by atoms with van der Waals surface area (Å²) in [5, 5.41) is 29.3. The normalized spacial score (nSPS) is 17.7. The van der Waals surface area contributed by atoms with Gasteiger partial charge in [-0.05, 0) is 23.8 Å². The predicted octanol–water partition coefficient (Wildman–Crippen LogP) is -0.866. The van der Waals surface area contributed by atoms with Gasteiger partial charge in [0.25, 0.3) is 23.6 Å². The van der Waals surface area contributed by atoms with Gasteiger partial charge in [-0.3, -0.25) is 19.2 Å². The maximum absolute atomic E-state index is 13.0. The first-order valence-corrected chi connectivity index (χ1v) is 10.6. The fourth-order valence-corrected chi connectivity index (χ4v) is 3.25. The molecule has 0 aromatic heterocycles. The van der Waals surface area contributed by atoms with Crippen LogP contribution in [0.3, 0.4) is 0 Å². The first kappa shape index (κ1) is 25.8. The van der Waals surface area contributed by atoms with Crippen LogP contribution in [0.25, 0.3) is 6.08 Å². The molecule has 36 heavy (non-hydrogen) atoms. The van der Waals surface area contributed by atoms with Crippen LogP contribution < -0.4 is 0 Å². The van der Waals surface area contributed by atoms with Crippen molar-refractivity contribution in [3.63, 3.8) is 0 Å². The average molecular weight is 500 g/mol. The molecule has 0 spiro atoms. The Morgan fingerprint density at radius 1 is 1.00 bits per heavy atom. The molecular formula is C22H20N4O10. The van der Waals surface area contributed by atoms with Crippen LogP contribution in [0.4, 0.5) is 0 Å². The molecule has 2 N–H and O–H groups in total. The lowest BCUT2D eigenvalue weighted by molar-refractivity contribution is -0.221. The van der Waals surface area contributed by atoms with Gasteiger partial charge in [-0.15, -0.1) is 10.1 Å². The summed E-state index contributed by atoms with van der Waals surface area (Å²) in [6, 6.07) is 7.06. The molecule has 1 atom stereocenters. The van der Waals surface area contributed by atoms with E-state index in [2.05, 4.69) is 0 Å². The molecule has 1 aromatic rings. The second-order valence-electron chi connectivity index (χ2n) is 7.67. The Balaban J connectivity index is 1.79. The highest BCUT2D eigenvalue weighted by atomic mass is 16.7. The molecule has 2 fully saturated rings. The van der Waals surface area contributed by atoms with E-state index in [1.165, 1.54) is 24.3 Å². The number of phenols is 1. The molecule has 0 radical (unpaired) electrons. The van der Waals surface area contributed by atoms with Crippen molar-refractivity contribution in [3.05, 3.63) is 35.4 Å². The summed E-state index contributed by atoms with van der Waals surface area (Å²) in [7, 11) is 0. The van der Waals surface area contributed by atoms with Crippen molar-refractivity contribution in [2.75, 3.05) is 13.1 Å². The Morgan fingerprint density at radius 2 is 1.58 bits per heavy atom. The number of nitrogens with zero attached hydrogens (tertiary/aromatic N) is 4. The number of phenolic OH excluding ortho intramolecular Hbond substituents is 1. The highest BCUT2D eigenvalue weighted by molar-refractivity contribution is 6.04. The first-order chi connectivity index (χ1) is 17.1. The van der Waals surface area contributed by atoms with E-state index in [-0.39, 0.29) is 36.5 Å². The summed E-state index contributed by atoms with van der Waals surface area (Å²) in [5.74, 6) is -5.88. The number of carbonyl (C=O) groups is 6. The van der Waals surface area contributed by atoms with Gasteiger partial charge in [0, 0.05) is 25.7 Å². The fourth-order valence-electron chi connectivity index (χ4n) is 3.25. The zero-order valence-corrected chi connectivity index (χ0v) is 18.7. The number of amides is 4. The van der Waals surface area contributed by atoms with E-state index in [0.29, 0.717) is 15.5 Å². The summed E-state index contributed by atoms with van der Waals surface area (Å²) in [4.78, 5) is 83.1. The van der Waals surface area contributed by atoms with Crippen molar-refractivity contribution in [1.82, 2.24) is 15.0 Å². The molecular weight excluding hydrogens is 480 g/mol. The molecule has 14 heteroatoms. The summed E-state index contributed by atoms with van der Waals surface area (Å²) in [6.45, 7) is -1.93. The number of nitriles is 1. The van der Waals surface area contributed by atoms with Crippen LogP contribution in [0, 0.1) is 11.3 Å². The SMILES string of the molecule is N#C/C(=C\c1ccc(O)cc1)C(=O)N(CC(=O)ON1C(=O)CCC1=O)CC(=O)ON1C(=O)CCC1O. The van der Waals surface area contributed by atoms with Gasteiger partial charge in [-0.1, -0.05) is 12.1 Å². The van der Waals surface area contributed by atoms with Crippen LogP contribution in [-0.4, -0.2) is 80.1 Å². The van der Waals surface area contributed by atoms with Gasteiger partial charge < -0.3 is 24.8 Å². The summed E-state index contributed by atoms with van der Waals surface area (Å²) < 4.78 is 0. The quantitative estimate of drug-likeness (QED) is 0.256. The Kier molecular flexibility index (Phi) is 7.97. The van der Waals surface area contributed by atoms with Crippen molar-refractivity contribution in [2.24, 2.45) is 0 Å². The Morgan fingerprint density at radius 3 is 2.11 bits per heavy atom. The number of imide groups is 1. The van der Waals surface area contributed by atoms with Crippen LogP contribution in [0.5, 0.6) is 5.75 Å². The minimum absolute atomic E-state index is 0.0208. The Labute approximate surface area is 203 Å². The topological polar surface area (TPSA) is 195 Å². The van der Waals surface area contributed by atoms with Crippen molar-refractivity contribution in [1.29, 1.82) is 5.26 Å². The number of benzene rings is 1. The summed E-state index contributed by atoms with van der Waals surface area (Å²) in [5.41, 5.74) is -0.186. The molecule has 2 saturated heterocycles. The lowest BCUT2D eigenvalue weighted by Gasteiger charge is -2.24. The monoisotopic (exact) mass is 500 g/mol. The summed E-state index contributed by atoms with van der Waals surface area (Å²) in [6.07, 6.45) is -0.635. The zero-order valence-electron chi connectivity index (χ0n) is 18.7. The first-order valence-electron chi connectivity index (χ1n) is 10.6. The van der Waals surface area contributed by atoms with E-state index in [0.717, 1.165) is 6.08 Å². The molecule has 4 amide bonds. The Hall–Kier alpha value is -4.77. The second-order valence-corrected chi connectivity index (χ2v) is 7.67. The highest BCUT2D eigenvalue weighted by Crippen LogP contribution is 2.18. The molecule has 14 nitrogen and oxygen atoms in total. The van der Waals surface area contributed by atoms with E-state index in [9.17, 15) is 44.2 Å². The standard InChI is InChI=1S/C22H20N4O10/c23-10-14(9-13-1-3-15(27)4-2-13)22(34)24(11-20(32)35-25-16(28)5-6-17(25)29)12-21(33)36-26-18(30)7-8-19(26)31/h1-4,9,16,27-28H,5-8,11-12H2/b14-9+. The number of carbonyl (C=O) groups excluding carboxylic acids is 6.